The molecule has 112 valence electrons. The highest BCUT2D eigenvalue weighted by molar-refractivity contribution is 5.88. The average molecular weight is 269 g/mol. The Morgan fingerprint density at radius 3 is 1.95 bits per heavy atom. The Morgan fingerprint density at radius 2 is 1.53 bits per heavy atom. The molecule has 1 saturated heterocycles. The van der Waals surface area contributed by atoms with Crippen LogP contribution >= 0.6 is 0 Å². The van der Waals surface area contributed by atoms with Crippen LogP contribution in [0.25, 0.3) is 0 Å². The van der Waals surface area contributed by atoms with Crippen LogP contribution in [0.3, 0.4) is 0 Å². The average Bonchev–Trinajstić information content (AvgIpc) is 2.47. The summed E-state index contributed by atoms with van der Waals surface area (Å²) in [7, 11) is 1.44. The first-order valence-corrected chi connectivity index (χ1v) is 7.42. The molecule has 0 N–H and O–H groups in total. The highest BCUT2D eigenvalue weighted by atomic mass is 16.5. The Morgan fingerprint density at radius 1 is 1.05 bits per heavy atom. The Labute approximate surface area is 119 Å². The Bertz CT molecular complexity index is 313. The summed E-state index contributed by atoms with van der Waals surface area (Å²) in [6.45, 7) is 14.5. The zero-order valence-corrected chi connectivity index (χ0v) is 13.8. The van der Waals surface area contributed by atoms with Gasteiger partial charge in [0, 0.05) is 11.1 Å². The van der Waals surface area contributed by atoms with Crippen molar-refractivity contribution < 1.29 is 9.53 Å². The number of likely N-dealkylation sites (tertiary alicyclic amines) is 1. The van der Waals surface area contributed by atoms with Gasteiger partial charge in [-0.25, -0.2) is 4.79 Å². The van der Waals surface area contributed by atoms with Gasteiger partial charge in [0.25, 0.3) is 0 Å². The molecule has 1 fully saturated rings. The van der Waals surface area contributed by atoms with Crippen molar-refractivity contribution in [1.82, 2.24) is 4.90 Å². The third-order valence-electron chi connectivity index (χ3n) is 4.12. The van der Waals surface area contributed by atoms with Crippen LogP contribution in [0.1, 0.15) is 60.8 Å². The molecule has 0 bridgehead atoms. The van der Waals surface area contributed by atoms with Crippen LogP contribution in [0, 0.1) is 0 Å². The fourth-order valence-electron chi connectivity index (χ4n) is 2.46. The summed E-state index contributed by atoms with van der Waals surface area (Å²) in [5.41, 5.74) is 1.80. The molecule has 1 rings (SSSR count). The van der Waals surface area contributed by atoms with E-state index in [9.17, 15) is 4.79 Å². The van der Waals surface area contributed by atoms with Gasteiger partial charge >= 0.3 is 5.97 Å². The van der Waals surface area contributed by atoms with Crippen molar-refractivity contribution in [2.24, 2.45) is 0 Å². The first kappa shape index (κ1) is 18.2. The second-order valence-electron chi connectivity index (χ2n) is 5.35. The van der Waals surface area contributed by atoms with Crippen molar-refractivity contribution in [3.8, 4) is 0 Å². The third-order valence-corrected chi connectivity index (χ3v) is 4.12. The maximum Gasteiger partial charge on any atom is 0.333 e. The summed E-state index contributed by atoms with van der Waals surface area (Å²) in [6.07, 6.45) is 3.84. The van der Waals surface area contributed by atoms with Crippen molar-refractivity contribution >= 4 is 5.97 Å². The number of ether oxygens (including phenoxy) is 1. The summed E-state index contributed by atoms with van der Waals surface area (Å²) < 4.78 is 4.80. The van der Waals surface area contributed by atoms with Crippen LogP contribution in [-0.4, -0.2) is 36.6 Å². The Balaban J connectivity index is 0.00000154. The van der Waals surface area contributed by atoms with E-state index in [1.165, 1.54) is 26.4 Å². The first-order valence-electron chi connectivity index (χ1n) is 7.42. The molecule has 0 aromatic carbocycles. The molecular formula is C16H31NO2. The summed E-state index contributed by atoms with van der Waals surface area (Å²) >= 11 is 0. The second kappa shape index (κ2) is 8.36. The zero-order chi connectivity index (χ0) is 15.1. The first-order chi connectivity index (χ1) is 8.91. The van der Waals surface area contributed by atoms with E-state index >= 15 is 0 Å². The van der Waals surface area contributed by atoms with Gasteiger partial charge in [0.05, 0.1) is 7.11 Å². The summed E-state index contributed by atoms with van der Waals surface area (Å²) in [4.78, 5) is 14.1. The molecule has 3 nitrogen and oxygen atoms in total. The molecule has 0 unspecified atom stereocenters. The molecular weight excluding hydrogens is 238 g/mol. The normalized spacial score (nSPS) is 18.1. The van der Waals surface area contributed by atoms with Gasteiger partial charge < -0.3 is 4.74 Å². The number of esters is 1. The highest BCUT2D eigenvalue weighted by Crippen LogP contribution is 2.29. The predicted molar refractivity (Wildman–Crippen MR) is 81.2 cm³/mol. The standard InChI is InChI=1S/C14H25NO2.C2H6/c1-11(13(16)17-5)12(2)14(3,4)15-9-7-6-8-10-15;1-2/h6-10H2,1-5H3;1-2H3/b12-11+;. The summed E-state index contributed by atoms with van der Waals surface area (Å²) in [5.74, 6) is -0.215. The Kier molecular flexibility index (Phi) is 8.00. The van der Waals surface area contributed by atoms with Crippen LogP contribution in [0.15, 0.2) is 11.1 Å². The van der Waals surface area contributed by atoms with E-state index in [-0.39, 0.29) is 11.5 Å². The molecule has 1 aliphatic rings. The maximum atomic E-state index is 11.6. The molecule has 0 aromatic rings. The minimum atomic E-state index is -0.215. The molecule has 3 heteroatoms. The minimum Gasteiger partial charge on any atom is -0.466 e. The lowest BCUT2D eigenvalue weighted by atomic mass is 9.88. The fraction of sp³-hybridized carbons (Fsp3) is 0.812. The van der Waals surface area contributed by atoms with Crippen molar-refractivity contribution in [3.05, 3.63) is 11.1 Å². The lowest BCUT2D eigenvalue weighted by Gasteiger charge is -2.42. The zero-order valence-electron chi connectivity index (χ0n) is 13.8. The lowest BCUT2D eigenvalue weighted by molar-refractivity contribution is -0.136. The number of nitrogens with zero attached hydrogens (tertiary/aromatic N) is 1. The monoisotopic (exact) mass is 269 g/mol. The molecule has 0 amide bonds. The van der Waals surface area contributed by atoms with Crippen molar-refractivity contribution in [1.29, 1.82) is 0 Å². The van der Waals surface area contributed by atoms with Gasteiger partial charge in [0.2, 0.25) is 0 Å². The van der Waals surface area contributed by atoms with E-state index in [2.05, 4.69) is 18.7 Å². The number of carbonyl (C=O) groups is 1. The van der Waals surface area contributed by atoms with E-state index in [0.29, 0.717) is 0 Å². The quantitative estimate of drug-likeness (QED) is 0.577. The van der Waals surface area contributed by atoms with Gasteiger partial charge in [-0.05, 0) is 59.2 Å². The van der Waals surface area contributed by atoms with Crippen molar-refractivity contribution in [2.75, 3.05) is 20.2 Å². The maximum absolute atomic E-state index is 11.6. The van der Waals surface area contributed by atoms with Crippen LogP contribution in [0.2, 0.25) is 0 Å². The molecule has 0 aromatic heterocycles. The third kappa shape index (κ3) is 4.64. The Hall–Kier alpha value is -0.830. The van der Waals surface area contributed by atoms with Gasteiger partial charge in [-0.3, -0.25) is 4.90 Å². The SMILES string of the molecule is CC.COC(=O)/C(C)=C(\C)C(C)(C)N1CCCCC1. The molecule has 0 saturated carbocycles. The van der Waals surface area contributed by atoms with E-state index in [0.717, 1.165) is 24.2 Å². The fourth-order valence-corrected chi connectivity index (χ4v) is 2.46. The number of rotatable bonds is 3. The topological polar surface area (TPSA) is 29.5 Å². The van der Waals surface area contributed by atoms with Gasteiger partial charge in [-0.15, -0.1) is 0 Å². The van der Waals surface area contributed by atoms with Crippen molar-refractivity contribution in [2.45, 2.75) is 66.3 Å². The molecule has 0 radical (unpaired) electrons. The number of methoxy groups -OCH3 is 1. The molecule has 19 heavy (non-hydrogen) atoms. The van der Waals surface area contributed by atoms with Gasteiger partial charge in [0.1, 0.15) is 0 Å². The van der Waals surface area contributed by atoms with Crippen LogP contribution in [0.4, 0.5) is 0 Å². The van der Waals surface area contributed by atoms with Gasteiger partial charge in [0.15, 0.2) is 0 Å². The van der Waals surface area contributed by atoms with Gasteiger partial charge in [-0.1, -0.05) is 20.3 Å². The second-order valence-corrected chi connectivity index (χ2v) is 5.35. The number of hydrogen-bond acceptors (Lipinski definition) is 3. The minimum absolute atomic E-state index is 0.0569. The molecule has 0 aliphatic carbocycles. The summed E-state index contributed by atoms with van der Waals surface area (Å²) in [6, 6.07) is 0. The smallest absolute Gasteiger partial charge is 0.333 e. The predicted octanol–water partition coefficient (Wildman–Crippen LogP) is 3.79. The van der Waals surface area contributed by atoms with E-state index in [1.807, 2.05) is 27.7 Å². The lowest BCUT2D eigenvalue weighted by Crippen LogP contribution is -2.48. The molecule has 0 spiro atoms. The van der Waals surface area contributed by atoms with E-state index in [4.69, 9.17) is 4.74 Å². The van der Waals surface area contributed by atoms with Crippen LogP contribution in [-0.2, 0) is 9.53 Å². The summed E-state index contributed by atoms with van der Waals surface area (Å²) in [5, 5.41) is 0. The van der Waals surface area contributed by atoms with E-state index < -0.39 is 0 Å². The molecule has 0 atom stereocenters. The van der Waals surface area contributed by atoms with Crippen molar-refractivity contribution in [3.63, 3.8) is 0 Å². The molecule has 1 heterocycles. The number of carbonyl (C=O) groups excluding carboxylic acids is 1. The number of hydrogen-bond donors (Lipinski definition) is 0. The highest BCUT2D eigenvalue weighted by Gasteiger charge is 2.31. The van der Waals surface area contributed by atoms with Crippen LogP contribution < -0.4 is 0 Å². The van der Waals surface area contributed by atoms with Crippen LogP contribution in [0.5, 0.6) is 0 Å². The largest absolute Gasteiger partial charge is 0.466 e. The molecule has 1 aliphatic heterocycles. The van der Waals surface area contributed by atoms with E-state index in [1.54, 1.807) is 0 Å². The van der Waals surface area contributed by atoms with Gasteiger partial charge in [-0.2, -0.15) is 0 Å². The number of piperidine rings is 1.